The van der Waals surface area contributed by atoms with Gasteiger partial charge in [-0.15, -0.1) is 0 Å². The molecule has 94 valence electrons. The highest BCUT2D eigenvalue weighted by Crippen LogP contribution is 2.17. The zero-order valence-electron chi connectivity index (χ0n) is 10.8. The standard InChI is InChI=1S/C14H16N2O2/c1-4-18-14(17)13(10-16(2)3)12-7-5-11(9-15)6-8-12/h5-8,10H,4H2,1-3H3/b13-10+. The summed E-state index contributed by atoms with van der Waals surface area (Å²) in [5, 5.41) is 8.74. The van der Waals surface area contributed by atoms with Crippen molar-refractivity contribution in [3.63, 3.8) is 0 Å². The van der Waals surface area contributed by atoms with E-state index >= 15 is 0 Å². The summed E-state index contributed by atoms with van der Waals surface area (Å²) in [5.74, 6) is -0.365. The molecule has 0 aliphatic carbocycles. The summed E-state index contributed by atoms with van der Waals surface area (Å²) < 4.78 is 5.02. The van der Waals surface area contributed by atoms with Crippen LogP contribution in [0.5, 0.6) is 0 Å². The van der Waals surface area contributed by atoms with E-state index in [4.69, 9.17) is 10.00 Å². The molecule has 0 fully saturated rings. The van der Waals surface area contributed by atoms with E-state index in [-0.39, 0.29) is 5.97 Å². The molecule has 0 radical (unpaired) electrons. The van der Waals surface area contributed by atoms with Crippen LogP contribution in [0.3, 0.4) is 0 Å². The fourth-order valence-electron chi connectivity index (χ4n) is 1.44. The molecule has 0 saturated heterocycles. The third-order valence-electron chi connectivity index (χ3n) is 2.21. The number of hydrogen-bond donors (Lipinski definition) is 0. The topological polar surface area (TPSA) is 53.3 Å². The molecule has 0 atom stereocenters. The number of rotatable bonds is 4. The quantitative estimate of drug-likeness (QED) is 0.600. The van der Waals surface area contributed by atoms with Gasteiger partial charge in [-0.3, -0.25) is 0 Å². The van der Waals surface area contributed by atoms with Gasteiger partial charge >= 0.3 is 5.97 Å². The van der Waals surface area contributed by atoms with Crippen molar-refractivity contribution in [1.82, 2.24) is 4.90 Å². The number of esters is 1. The first-order valence-corrected chi connectivity index (χ1v) is 5.64. The average Bonchev–Trinajstić information content (AvgIpc) is 2.36. The van der Waals surface area contributed by atoms with Crippen molar-refractivity contribution in [2.75, 3.05) is 20.7 Å². The Kier molecular flexibility index (Phi) is 4.94. The van der Waals surface area contributed by atoms with Crippen molar-refractivity contribution >= 4 is 11.5 Å². The lowest BCUT2D eigenvalue weighted by Gasteiger charge is -2.11. The summed E-state index contributed by atoms with van der Waals surface area (Å²) in [6.07, 6.45) is 1.71. The van der Waals surface area contributed by atoms with E-state index in [0.717, 1.165) is 5.56 Å². The Bertz CT molecular complexity index is 482. The third-order valence-corrected chi connectivity index (χ3v) is 2.21. The monoisotopic (exact) mass is 244 g/mol. The first kappa shape index (κ1) is 13.8. The molecule has 1 rings (SSSR count). The highest BCUT2D eigenvalue weighted by molar-refractivity contribution is 6.16. The Morgan fingerprint density at radius 3 is 2.44 bits per heavy atom. The van der Waals surface area contributed by atoms with Gasteiger partial charge in [0.25, 0.3) is 0 Å². The molecule has 0 aliphatic rings. The van der Waals surface area contributed by atoms with Gasteiger partial charge in [-0.2, -0.15) is 5.26 Å². The van der Waals surface area contributed by atoms with Gasteiger partial charge in [-0.1, -0.05) is 12.1 Å². The number of carbonyl (C=O) groups is 1. The Balaban J connectivity index is 3.10. The van der Waals surface area contributed by atoms with Crippen molar-refractivity contribution < 1.29 is 9.53 Å². The highest BCUT2D eigenvalue weighted by Gasteiger charge is 2.13. The molecule has 0 heterocycles. The van der Waals surface area contributed by atoms with Crippen LogP contribution in [-0.4, -0.2) is 31.6 Å². The molecule has 18 heavy (non-hydrogen) atoms. The molecule has 0 spiro atoms. The number of nitrogens with zero attached hydrogens (tertiary/aromatic N) is 2. The van der Waals surface area contributed by atoms with Crippen LogP contribution in [-0.2, 0) is 9.53 Å². The molecular weight excluding hydrogens is 228 g/mol. The smallest absolute Gasteiger partial charge is 0.340 e. The van der Waals surface area contributed by atoms with E-state index in [1.54, 1.807) is 42.3 Å². The lowest BCUT2D eigenvalue weighted by atomic mass is 10.1. The summed E-state index contributed by atoms with van der Waals surface area (Å²) in [7, 11) is 3.67. The molecule has 0 N–H and O–H groups in total. The maximum Gasteiger partial charge on any atom is 0.340 e. The van der Waals surface area contributed by atoms with Crippen molar-refractivity contribution in [1.29, 1.82) is 5.26 Å². The third kappa shape index (κ3) is 3.63. The molecule has 0 bridgehead atoms. The van der Waals surface area contributed by atoms with Crippen molar-refractivity contribution in [2.45, 2.75) is 6.92 Å². The summed E-state index contributed by atoms with van der Waals surface area (Å²) in [6, 6.07) is 8.88. The van der Waals surface area contributed by atoms with Crippen LogP contribution >= 0.6 is 0 Å². The predicted octanol–water partition coefficient (Wildman–Crippen LogP) is 2.02. The van der Waals surface area contributed by atoms with Gasteiger partial charge in [-0.05, 0) is 24.6 Å². The number of benzene rings is 1. The first-order valence-electron chi connectivity index (χ1n) is 5.64. The molecule has 4 heteroatoms. The summed E-state index contributed by atoms with van der Waals surface area (Å²) >= 11 is 0. The fraction of sp³-hybridized carbons (Fsp3) is 0.286. The van der Waals surface area contributed by atoms with E-state index in [1.807, 2.05) is 20.2 Å². The summed E-state index contributed by atoms with van der Waals surface area (Å²) in [5.41, 5.74) is 1.78. The van der Waals surface area contributed by atoms with Gasteiger partial charge < -0.3 is 9.64 Å². The maximum atomic E-state index is 11.9. The van der Waals surface area contributed by atoms with Crippen molar-refractivity contribution in [3.8, 4) is 6.07 Å². The molecule has 0 unspecified atom stereocenters. The van der Waals surface area contributed by atoms with Gasteiger partial charge in [0.15, 0.2) is 0 Å². The van der Waals surface area contributed by atoms with Gasteiger partial charge in [0.1, 0.15) is 0 Å². The second-order valence-corrected chi connectivity index (χ2v) is 3.92. The molecular formula is C14H16N2O2. The SMILES string of the molecule is CCOC(=O)/C(=C/N(C)C)c1ccc(C#N)cc1. The van der Waals surface area contributed by atoms with Crippen LogP contribution in [0.25, 0.3) is 5.57 Å². The number of nitriles is 1. The molecule has 1 aromatic carbocycles. The van der Waals surface area contributed by atoms with Gasteiger partial charge in [0, 0.05) is 20.3 Å². The van der Waals surface area contributed by atoms with Crippen LogP contribution < -0.4 is 0 Å². The Morgan fingerprint density at radius 1 is 1.39 bits per heavy atom. The summed E-state index contributed by atoms with van der Waals surface area (Å²) in [4.78, 5) is 13.6. The fourth-order valence-corrected chi connectivity index (χ4v) is 1.44. The molecule has 0 aliphatic heterocycles. The van der Waals surface area contributed by atoms with E-state index in [1.165, 1.54) is 0 Å². The Hall–Kier alpha value is -2.28. The van der Waals surface area contributed by atoms with Crippen LogP contribution in [0.1, 0.15) is 18.1 Å². The van der Waals surface area contributed by atoms with Gasteiger partial charge in [0.05, 0.1) is 23.8 Å². The minimum atomic E-state index is -0.365. The van der Waals surface area contributed by atoms with E-state index in [0.29, 0.717) is 17.7 Å². The van der Waals surface area contributed by atoms with Crippen LogP contribution in [0.4, 0.5) is 0 Å². The first-order chi connectivity index (χ1) is 8.58. The molecule has 1 aromatic rings. The lowest BCUT2D eigenvalue weighted by Crippen LogP contribution is -2.11. The molecule has 0 saturated carbocycles. The zero-order valence-corrected chi connectivity index (χ0v) is 10.8. The molecule has 0 amide bonds. The highest BCUT2D eigenvalue weighted by atomic mass is 16.5. The predicted molar refractivity (Wildman–Crippen MR) is 69.5 cm³/mol. The van der Waals surface area contributed by atoms with Gasteiger partial charge in [0.2, 0.25) is 0 Å². The number of carbonyl (C=O) groups excluding carboxylic acids is 1. The second kappa shape index (κ2) is 6.45. The van der Waals surface area contributed by atoms with E-state index in [9.17, 15) is 4.79 Å². The minimum Gasteiger partial charge on any atom is -0.462 e. The average molecular weight is 244 g/mol. The second-order valence-electron chi connectivity index (χ2n) is 3.92. The maximum absolute atomic E-state index is 11.9. The Labute approximate surface area is 107 Å². The normalized spacial score (nSPS) is 10.7. The van der Waals surface area contributed by atoms with Crippen molar-refractivity contribution in [2.24, 2.45) is 0 Å². The number of ether oxygens (including phenoxy) is 1. The number of hydrogen-bond acceptors (Lipinski definition) is 4. The minimum absolute atomic E-state index is 0.333. The molecule has 0 aromatic heterocycles. The zero-order chi connectivity index (χ0) is 13.5. The van der Waals surface area contributed by atoms with Crippen LogP contribution in [0.15, 0.2) is 30.5 Å². The van der Waals surface area contributed by atoms with Gasteiger partial charge in [-0.25, -0.2) is 4.79 Å². The van der Waals surface area contributed by atoms with Crippen molar-refractivity contribution in [3.05, 3.63) is 41.6 Å². The van der Waals surface area contributed by atoms with Crippen LogP contribution in [0.2, 0.25) is 0 Å². The summed E-state index contributed by atoms with van der Waals surface area (Å²) in [6.45, 7) is 2.10. The van der Waals surface area contributed by atoms with E-state index in [2.05, 4.69) is 0 Å². The largest absolute Gasteiger partial charge is 0.462 e. The molecule has 4 nitrogen and oxygen atoms in total. The Morgan fingerprint density at radius 2 is 2.00 bits per heavy atom. The van der Waals surface area contributed by atoms with E-state index < -0.39 is 0 Å². The van der Waals surface area contributed by atoms with Crippen LogP contribution in [0, 0.1) is 11.3 Å². The lowest BCUT2D eigenvalue weighted by molar-refractivity contribution is -0.136.